The fraction of sp³-hybridized carbons (Fsp3) is 0.167. The molecule has 2 aromatic heterocycles. The summed E-state index contributed by atoms with van der Waals surface area (Å²) < 4.78 is 1.42. The van der Waals surface area contributed by atoms with Gasteiger partial charge in [0, 0.05) is 19.3 Å². The second-order valence-electron chi connectivity index (χ2n) is 3.96. The van der Waals surface area contributed by atoms with Gasteiger partial charge in [-0.15, -0.1) is 0 Å². The van der Waals surface area contributed by atoms with Crippen molar-refractivity contribution in [3.8, 4) is 0 Å². The highest BCUT2D eigenvalue weighted by Crippen LogP contribution is 2.15. The highest BCUT2D eigenvalue weighted by atomic mass is 16.6. The Kier molecular flexibility index (Phi) is 3.56. The molecule has 0 fully saturated rings. The Hall–Kier alpha value is -2.70. The van der Waals surface area contributed by atoms with E-state index in [0.717, 1.165) is 5.69 Å². The summed E-state index contributed by atoms with van der Waals surface area (Å²) in [5.41, 5.74) is 0.854. The monoisotopic (exact) mass is 260 g/mol. The molecule has 0 bridgehead atoms. The number of rotatable bonds is 4. The Morgan fingerprint density at radius 2 is 2.32 bits per heavy atom. The molecular weight excluding hydrogens is 248 g/mol. The quantitative estimate of drug-likeness (QED) is 0.661. The normalized spacial score (nSPS) is 10.2. The van der Waals surface area contributed by atoms with Gasteiger partial charge in [-0.1, -0.05) is 6.07 Å². The summed E-state index contributed by atoms with van der Waals surface area (Å²) in [6.45, 7) is 0.276. The van der Waals surface area contributed by atoms with E-state index in [1.54, 1.807) is 25.4 Å². The fourth-order valence-electron chi connectivity index (χ4n) is 1.64. The van der Waals surface area contributed by atoms with Crippen LogP contribution in [0.25, 0.3) is 0 Å². The minimum Gasteiger partial charge on any atom is -0.345 e. The van der Waals surface area contributed by atoms with Crippen molar-refractivity contribution in [1.82, 2.24) is 14.9 Å². The van der Waals surface area contributed by atoms with Crippen LogP contribution < -0.4 is 5.32 Å². The first-order valence-corrected chi connectivity index (χ1v) is 5.57. The average Bonchev–Trinajstić information content (AvgIpc) is 2.80. The van der Waals surface area contributed by atoms with E-state index in [-0.39, 0.29) is 23.8 Å². The van der Waals surface area contributed by atoms with Crippen LogP contribution in [0.4, 0.5) is 5.69 Å². The maximum absolute atomic E-state index is 11.9. The molecular formula is C12H12N4O3. The number of carbonyl (C=O) groups is 1. The van der Waals surface area contributed by atoms with Crippen LogP contribution in [0.15, 0.2) is 36.7 Å². The lowest BCUT2D eigenvalue weighted by atomic mass is 10.3. The van der Waals surface area contributed by atoms with E-state index in [1.165, 1.54) is 16.8 Å². The molecule has 7 nitrogen and oxygen atoms in total. The van der Waals surface area contributed by atoms with E-state index in [2.05, 4.69) is 10.3 Å². The minimum absolute atomic E-state index is 0.106. The third-order valence-electron chi connectivity index (χ3n) is 2.59. The van der Waals surface area contributed by atoms with Crippen LogP contribution in [-0.2, 0) is 13.6 Å². The van der Waals surface area contributed by atoms with Gasteiger partial charge in [0.15, 0.2) is 0 Å². The molecule has 0 saturated heterocycles. The number of nitro groups is 1. The van der Waals surface area contributed by atoms with Crippen molar-refractivity contribution < 1.29 is 9.72 Å². The van der Waals surface area contributed by atoms with Crippen LogP contribution in [0.1, 0.15) is 16.2 Å². The number of pyridine rings is 1. The second-order valence-corrected chi connectivity index (χ2v) is 3.96. The summed E-state index contributed by atoms with van der Waals surface area (Å²) in [5, 5.41) is 13.3. The van der Waals surface area contributed by atoms with E-state index >= 15 is 0 Å². The summed E-state index contributed by atoms with van der Waals surface area (Å²) >= 11 is 0. The molecule has 0 aliphatic rings. The van der Waals surface area contributed by atoms with Gasteiger partial charge in [0.25, 0.3) is 11.6 Å². The zero-order chi connectivity index (χ0) is 13.8. The molecule has 0 aromatic carbocycles. The lowest BCUT2D eigenvalue weighted by Gasteiger charge is -2.04. The average molecular weight is 260 g/mol. The Balaban J connectivity index is 2.06. The molecule has 0 radical (unpaired) electrons. The first kappa shape index (κ1) is 12.7. The van der Waals surface area contributed by atoms with E-state index in [1.807, 2.05) is 6.07 Å². The maximum atomic E-state index is 11.9. The van der Waals surface area contributed by atoms with Crippen LogP contribution in [0, 0.1) is 10.1 Å². The molecule has 98 valence electrons. The van der Waals surface area contributed by atoms with Crippen LogP contribution in [0.2, 0.25) is 0 Å². The van der Waals surface area contributed by atoms with Crippen LogP contribution in [0.5, 0.6) is 0 Å². The summed E-state index contributed by atoms with van der Waals surface area (Å²) in [6, 6.07) is 6.63. The summed E-state index contributed by atoms with van der Waals surface area (Å²) in [5.74, 6) is -0.374. The highest BCUT2D eigenvalue weighted by molar-refractivity contribution is 5.93. The SMILES string of the molecule is Cn1cc([N+](=O)[O-])cc1C(=O)NCc1ccccn1. The molecule has 0 atom stereocenters. The molecule has 0 unspecified atom stereocenters. The second kappa shape index (κ2) is 5.30. The lowest BCUT2D eigenvalue weighted by molar-refractivity contribution is -0.384. The van der Waals surface area contributed by atoms with Crippen molar-refractivity contribution in [2.24, 2.45) is 7.05 Å². The van der Waals surface area contributed by atoms with Gasteiger partial charge in [0.1, 0.15) is 5.69 Å². The molecule has 2 heterocycles. The van der Waals surface area contributed by atoms with Crippen molar-refractivity contribution in [2.45, 2.75) is 6.54 Å². The number of hydrogen-bond donors (Lipinski definition) is 1. The third-order valence-corrected chi connectivity index (χ3v) is 2.59. The number of hydrogen-bond acceptors (Lipinski definition) is 4. The van der Waals surface area contributed by atoms with Crippen molar-refractivity contribution in [3.63, 3.8) is 0 Å². The van der Waals surface area contributed by atoms with Crippen molar-refractivity contribution in [3.05, 3.63) is 58.2 Å². The Bertz CT molecular complexity index is 607. The van der Waals surface area contributed by atoms with Gasteiger partial charge in [-0.2, -0.15) is 0 Å². The Morgan fingerprint density at radius 1 is 1.53 bits per heavy atom. The Morgan fingerprint density at radius 3 is 2.89 bits per heavy atom. The van der Waals surface area contributed by atoms with Gasteiger partial charge in [0.05, 0.1) is 23.4 Å². The molecule has 19 heavy (non-hydrogen) atoms. The standard InChI is InChI=1S/C12H12N4O3/c1-15-8-10(16(18)19)6-11(15)12(17)14-7-9-4-2-3-5-13-9/h2-6,8H,7H2,1H3,(H,14,17). The number of amides is 1. The molecule has 0 saturated carbocycles. The van der Waals surface area contributed by atoms with Crippen molar-refractivity contribution in [2.75, 3.05) is 0 Å². The molecule has 2 aromatic rings. The first-order chi connectivity index (χ1) is 9.08. The van der Waals surface area contributed by atoms with Crippen molar-refractivity contribution in [1.29, 1.82) is 0 Å². The molecule has 2 rings (SSSR count). The lowest BCUT2D eigenvalue weighted by Crippen LogP contribution is -2.25. The zero-order valence-corrected chi connectivity index (χ0v) is 10.2. The number of aryl methyl sites for hydroxylation is 1. The van der Waals surface area contributed by atoms with Gasteiger partial charge in [-0.25, -0.2) is 0 Å². The smallest absolute Gasteiger partial charge is 0.287 e. The van der Waals surface area contributed by atoms with Gasteiger partial charge < -0.3 is 9.88 Å². The largest absolute Gasteiger partial charge is 0.345 e. The number of nitrogens with one attached hydrogen (secondary N) is 1. The predicted molar refractivity (Wildman–Crippen MR) is 67.5 cm³/mol. The van der Waals surface area contributed by atoms with Crippen LogP contribution in [-0.4, -0.2) is 20.4 Å². The van der Waals surface area contributed by atoms with Gasteiger partial charge in [0.2, 0.25) is 0 Å². The highest BCUT2D eigenvalue weighted by Gasteiger charge is 2.17. The number of nitrogens with zero attached hydrogens (tertiary/aromatic N) is 3. The maximum Gasteiger partial charge on any atom is 0.287 e. The molecule has 0 aliphatic heterocycles. The fourth-order valence-corrected chi connectivity index (χ4v) is 1.64. The third kappa shape index (κ3) is 2.95. The van der Waals surface area contributed by atoms with Crippen molar-refractivity contribution >= 4 is 11.6 Å². The van der Waals surface area contributed by atoms with Crippen LogP contribution in [0.3, 0.4) is 0 Å². The van der Waals surface area contributed by atoms with E-state index in [0.29, 0.717) is 0 Å². The predicted octanol–water partition coefficient (Wildman–Crippen LogP) is 1.26. The topological polar surface area (TPSA) is 90.1 Å². The van der Waals surface area contributed by atoms with Gasteiger partial charge in [-0.3, -0.25) is 19.9 Å². The first-order valence-electron chi connectivity index (χ1n) is 5.57. The number of aromatic nitrogens is 2. The molecule has 1 amide bonds. The summed E-state index contributed by atoms with van der Waals surface area (Å²) in [4.78, 5) is 26.0. The summed E-state index contributed by atoms with van der Waals surface area (Å²) in [6.07, 6.45) is 2.94. The molecule has 1 N–H and O–H groups in total. The van der Waals surface area contributed by atoms with Gasteiger partial charge >= 0.3 is 0 Å². The van der Waals surface area contributed by atoms with Gasteiger partial charge in [-0.05, 0) is 12.1 Å². The van der Waals surface area contributed by atoms with E-state index in [4.69, 9.17) is 0 Å². The zero-order valence-electron chi connectivity index (χ0n) is 10.2. The molecule has 0 spiro atoms. The molecule has 0 aliphatic carbocycles. The summed E-state index contributed by atoms with van der Waals surface area (Å²) in [7, 11) is 1.59. The number of carbonyl (C=O) groups excluding carboxylic acids is 1. The minimum atomic E-state index is -0.532. The molecule has 7 heteroatoms. The van der Waals surface area contributed by atoms with E-state index < -0.39 is 4.92 Å². The Labute approximate surface area is 109 Å². The van der Waals surface area contributed by atoms with E-state index in [9.17, 15) is 14.9 Å². The van der Waals surface area contributed by atoms with Crippen LogP contribution >= 0.6 is 0 Å².